The van der Waals surface area contributed by atoms with Gasteiger partial charge in [-0.15, -0.1) is 5.10 Å². The van der Waals surface area contributed by atoms with Crippen molar-refractivity contribution in [2.24, 2.45) is 0 Å². The number of nitrogens with zero attached hydrogens (tertiary/aromatic N) is 4. The van der Waals surface area contributed by atoms with E-state index in [9.17, 15) is 8.78 Å². The van der Waals surface area contributed by atoms with E-state index >= 15 is 0 Å². The fourth-order valence-electron chi connectivity index (χ4n) is 0.939. The van der Waals surface area contributed by atoms with Crippen LogP contribution in [0.3, 0.4) is 0 Å². The van der Waals surface area contributed by atoms with E-state index in [1.807, 2.05) is 6.07 Å². The normalized spacial score (nSPS) is 10.4. The summed E-state index contributed by atoms with van der Waals surface area (Å²) in [6, 6.07) is 1.89. The number of alkyl halides is 2. The molecule has 0 aliphatic carbocycles. The van der Waals surface area contributed by atoms with Crippen molar-refractivity contribution in [3.8, 4) is 6.07 Å². The summed E-state index contributed by atoms with van der Waals surface area (Å²) < 4.78 is 25.0. The molecule has 1 rings (SSSR count). The maximum Gasteiger partial charge on any atom is 0.257 e. The zero-order valence-corrected chi connectivity index (χ0v) is 7.04. The molecule has 0 aliphatic heterocycles. The van der Waals surface area contributed by atoms with Crippen molar-refractivity contribution in [1.82, 2.24) is 15.0 Å². The van der Waals surface area contributed by atoms with Crippen molar-refractivity contribution in [3.05, 3.63) is 11.4 Å². The summed E-state index contributed by atoms with van der Waals surface area (Å²) in [5.74, 6) is 0. The Balaban J connectivity index is 2.81. The Kier molecular flexibility index (Phi) is 2.90. The van der Waals surface area contributed by atoms with Gasteiger partial charge in [0.1, 0.15) is 6.54 Å². The lowest BCUT2D eigenvalue weighted by molar-refractivity contribution is 0.120. The van der Waals surface area contributed by atoms with E-state index in [0.29, 0.717) is 11.4 Å². The molecule has 0 amide bonds. The predicted molar refractivity (Wildman–Crippen MR) is 40.1 cm³/mol. The van der Waals surface area contributed by atoms with Crippen molar-refractivity contribution in [3.63, 3.8) is 0 Å². The summed E-state index contributed by atoms with van der Waals surface area (Å²) in [4.78, 5) is 0. The van der Waals surface area contributed by atoms with Gasteiger partial charge in [0.2, 0.25) is 0 Å². The Morgan fingerprint density at radius 1 is 1.62 bits per heavy atom. The number of hydrogen-bond donors (Lipinski definition) is 0. The minimum atomic E-state index is -2.45. The highest BCUT2D eigenvalue weighted by Crippen LogP contribution is 2.06. The minimum absolute atomic E-state index is 0.106. The smallest absolute Gasteiger partial charge is 0.244 e. The van der Waals surface area contributed by atoms with Crippen LogP contribution >= 0.6 is 0 Å². The van der Waals surface area contributed by atoms with Crippen molar-refractivity contribution in [2.45, 2.75) is 26.3 Å². The zero-order chi connectivity index (χ0) is 9.84. The molecular weight excluding hydrogens is 178 g/mol. The molecule has 0 saturated heterocycles. The Morgan fingerprint density at radius 3 is 2.85 bits per heavy atom. The van der Waals surface area contributed by atoms with Crippen molar-refractivity contribution in [1.29, 1.82) is 5.26 Å². The fraction of sp³-hybridized carbons (Fsp3) is 0.571. The lowest BCUT2D eigenvalue weighted by atomic mass is 10.3. The predicted octanol–water partition coefficient (Wildman–Crippen LogP) is 0.918. The van der Waals surface area contributed by atoms with E-state index in [-0.39, 0.29) is 6.42 Å². The maximum atomic E-state index is 11.9. The SMILES string of the molecule is Cc1c(CC#N)nnn1CC(F)F. The summed E-state index contributed by atoms with van der Waals surface area (Å²) in [6.45, 7) is 1.15. The van der Waals surface area contributed by atoms with E-state index in [2.05, 4.69) is 10.3 Å². The van der Waals surface area contributed by atoms with Crippen LogP contribution in [0.4, 0.5) is 8.78 Å². The van der Waals surface area contributed by atoms with Gasteiger partial charge < -0.3 is 0 Å². The van der Waals surface area contributed by atoms with Crippen molar-refractivity contribution in [2.75, 3.05) is 0 Å². The number of halogens is 2. The van der Waals surface area contributed by atoms with Gasteiger partial charge in [0.05, 0.1) is 23.9 Å². The first-order valence-electron chi connectivity index (χ1n) is 3.69. The average molecular weight is 186 g/mol. The topological polar surface area (TPSA) is 54.5 Å². The summed E-state index contributed by atoms with van der Waals surface area (Å²) in [5, 5.41) is 15.5. The lowest BCUT2D eigenvalue weighted by Crippen LogP contribution is -2.09. The first kappa shape index (κ1) is 9.58. The Bertz CT molecular complexity index is 326. The molecule has 0 bridgehead atoms. The third kappa shape index (κ3) is 2.21. The summed E-state index contributed by atoms with van der Waals surface area (Å²) in [6.07, 6.45) is -2.34. The number of nitriles is 1. The molecule has 13 heavy (non-hydrogen) atoms. The van der Waals surface area contributed by atoms with Crippen LogP contribution in [0, 0.1) is 18.3 Å². The third-order valence-corrected chi connectivity index (χ3v) is 1.64. The monoisotopic (exact) mass is 186 g/mol. The van der Waals surface area contributed by atoms with E-state index < -0.39 is 13.0 Å². The number of aromatic nitrogens is 3. The van der Waals surface area contributed by atoms with E-state index in [4.69, 9.17) is 5.26 Å². The molecule has 1 heterocycles. The molecule has 0 N–H and O–H groups in total. The van der Waals surface area contributed by atoms with Crippen LogP contribution in [0.1, 0.15) is 11.4 Å². The van der Waals surface area contributed by atoms with Crippen LogP contribution in [-0.2, 0) is 13.0 Å². The average Bonchev–Trinajstić information content (AvgIpc) is 2.36. The van der Waals surface area contributed by atoms with Gasteiger partial charge in [-0.05, 0) is 6.92 Å². The quantitative estimate of drug-likeness (QED) is 0.705. The molecule has 0 atom stereocenters. The highest BCUT2D eigenvalue weighted by atomic mass is 19.3. The zero-order valence-electron chi connectivity index (χ0n) is 7.04. The summed E-state index contributed by atoms with van der Waals surface area (Å²) in [5.41, 5.74) is 0.991. The summed E-state index contributed by atoms with van der Waals surface area (Å²) in [7, 11) is 0. The fourth-order valence-corrected chi connectivity index (χ4v) is 0.939. The van der Waals surface area contributed by atoms with Gasteiger partial charge in [0, 0.05) is 0 Å². The van der Waals surface area contributed by atoms with Gasteiger partial charge in [0.25, 0.3) is 6.43 Å². The van der Waals surface area contributed by atoms with Crippen molar-refractivity contribution < 1.29 is 8.78 Å². The highest BCUT2D eigenvalue weighted by Gasteiger charge is 2.11. The third-order valence-electron chi connectivity index (χ3n) is 1.64. The molecule has 4 nitrogen and oxygen atoms in total. The van der Waals surface area contributed by atoms with Crippen LogP contribution in [0.5, 0.6) is 0 Å². The van der Waals surface area contributed by atoms with Gasteiger partial charge in [-0.25, -0.2) is 13.5 Å². The molecule has 0 saturated carbocycles. The van der Waals surface area contributed by atoms with Crippen LogP contribution in [-0.4, -0.2) is 21.4 Å². The lowest BCUT2D eigenvalue weighted by Gasteiger charge is -2.00. The van der Waals surface area contributed by atoms with E-state index in [1.54, 1.807) is 6.92 Å². The summed E-state index contributed by atoms with van der Waals surface area (Å²) >= 11 is 0. The van der Waals surface area contributed by atoms with Gasteiger partial charge in [-0.3, -0.25) is 0 Å². The molecule has 6 heteroatoms. The second-order valence-electron chi connectivity index (χ2n) is 2.53. The van der Waals surface area contributed by atoms with E-state index in [0.717, 1.165) is 4.68 Å². The number of hydrogen-bond acceptors (Lipinski definition) is 3. The Hall–Kier alpha value is -1.51. The molecule has 0 spiro atoms. The Morgan fingerprint density at radius 2 is 2.31 bits per heavy atom. The first-order chi connectivity index (χ1) is 6.15. The van der Waals surface area contributed by atoms with E-state index in [1.165, 1.54) is 0 Å². The molecule has 0 fully saturated rings. The van der Waals surface area contributed by atoms with Crippen LogP contribution in [0.25, 0.3) is 0 Å². The highest BCUT2D eigenvalue weighted by molar-refractivity contribution is 5.11. The second kappa shape index (κ2) is 3.94. The van der Waals surface area contributed by atoms with Crippen LogP contribution < -0.4 is 0 Å². The molecular formula is C7H8F2N4. The molecule has 0 aliphatic rings. The van der Waals surface area contributed by atoms with Gasteiger partial charge in [-0.1, -0.05) is 5.21 Å². The van der Waals surface area contributed by atoms with Gasteiger partial charge >= 0.3 is 0 Å². The van der Waals surface area contributed by atoms with Crippen molar-refractivity contribution >= 4 is 0 Å². The van der Waals surface area contributed by atoms with Gasteiger partial charge in [0.15, 0.2) is 0 Å². The largest absolute Gasteiger partial charge is 0.257 e. The number of rotatable bonds is 3. The first-order valence-corrected chi connectivity index (χ1v) is 3.69. The molecule has 0 unspecified atom stereocenters. The van der Waals surface area contributed by atoms with Gasteiger partial charge in [-0.2, -0.15) is 5.26 Å². The van der Waals surface area contributed by atoms with Crippen LogP contribution in [0.2, 0.25) is 0 Å². The minimum Gasteiger partial charge on any atom is -0.244 e. The molecule has 0 aromatic carbocycles. The molecule has 1 aromatic rings. The molecule has 70 valence electrons. The molecule has 1 aromatic heterocycles. The molecule has 0 radical (unpaired) electrons. The second-order valence-corrected chi connectivity index (χ2v) is 2.53. The standard InChI is InChI=1S/C7H8F2N4/c1-5-6(2-3-10)11-12-13(5)4-7(8)9/h7H,2,4H2,1H3. The van der Waals surface area contributed by atoms with Crippen LogP contribution in [0.15, 0.2) is 0 Å². The Labute approximate surface area is 73.8 Å². The maximum absolute atomic E-state index is 11.9.